The summed E-state index contributed by atoms with van der Waals surface area (Å²) in [5.74, 6) is 0.282. The molecule has 0 bridgehead atoms. The topological polar surface area (TPSA) is 44.4 Å². The van der Waals surface area contributed by atoms with Crippen molar-refractivity contribution in [2.45, 2.75) is 45.6 Å². The predicted molar refractivity (Wildman–Crippen MR) is 73.5 cm³/mol. The molecule has 2 aliphatic heterocycles. The minimum atomic E-state index is 0.237. The van der Waals surface area contributed by atoms with Gasteiger partial charge < -0.3 is 15.5 Å². The third kappa shape index (κ3) is 3.45. The lowest BCUT2D eigenvalue weighted by molar-refractivity contribution is -0.131. The number of nitrogens with zero attached hydrogens (tertiary/aromatic N) is 1. The van der Waals surface area contributed by atoms with Crippen molar-refractivity contribution in [3.8, 4) is 0 Å². The van der Waals surface area contributed by atoms with E-state index < -0.39 is 0 Å². The number of carbonyl (C=O) groups is 1. The largest absolute Gasteiger partial charge is 0.342 e. The van der Waals surface area contributed by atoms with Crippen LogP contribution < -0.4 is 10.6 Å². The molecule has 4 nitrogen and oxygen atoms in total. The number of rotatable bonds is 3. The summed E-state index contributed by atoms with van der Waals surface area (Å²) in [6.45, 7) is 9.03. The Labute approximate surface area is 110 Å². The fourth-order valence-corrected chi connectivity index (χ4v) is 3.01. The quantitative estimate of drug-likeness (QED) is 0.788. The van der Waals surface area contributed by atoms with Crippen LogP contribution >= 0.6 is 0 Å². The lowest BCUT2D eigenvalue weighted by Gasteiger charge is -2.40. The number of nitrogens with one attached hydrogen (secondary N) is 2. The molecule has 0 aliphatic carbocycles. The van der Waals surface area contributed by atoms with Crippen LogP contribution in [0.3, 0.4) is 0 Å². The van der Waals surface area contributed by atoms with E-state index in [0.29, 0.717) is 12.6 Å². The van der Waals surface area contributed by atoms with Gasteiger partial charge in [0.2, 0.25) is 5.91 Å². The molecule has 2 aliphatic rings. The van der Waals surface area contributed by atoms with Crippen molar-refractivity contribution in [3.05, 3.63) is 0 Å². The second-order valence-corrected chi connectivity index (χ2v) is 6.33. The van der Waals surface area contributed by atoms with Gasteiger partial charge in [0.05, 0.1) is 6.54 Å². The summed E-state index contributed by atoms with van der Waals surface area (Å²) in [4.78, 5) is 14.1. The van der Waals surface area contributed by atoms with Crippen LogP contribution in [0.15, 0.2) is 0 Å². The monoisotopic (exact) mass is 253 g/mol. The Morgan fingerprint density at radius 3 is 2.72 bits per heavy atom. The molecule has 0 radical (unpaired) electrons. The van der Waals surface area contributed by atoms with Crippen LogP contribution in [-0.4, -0.2) is 49.6 Å². The fourth-order valence-electron chi connectivity index (χ4n) is 3.01. The molecule has 1 unspecified atom stereocenters. The van der Waals surface area contributed by atoms with E-state index >= 15 is 0 Å². The molecule has 1 amide bonds. The summed E-state index contributed by atoms with van der Waals surface area (Å²) in [5, 5.41) is 6.90. The van der Waals surface area contributed by atoms with E-state index in [1.165, 1.54) is 19.3 Å². The molecular weight excluding hydrogens is 226 g/mol. The van der Waals surface area contributed by atoms with Gasteiger partial charge in [0, 0.05) is 25.7 Å². The molecule has 2 N–H and O–H groups in total. The molecule has 0 aromatic rings. The van der Waals surface area contributed by atoms with E-state index in [4.69, 9.17) is 0 Å². The number of hydrogen-bond acceptors (Lipinski definition) is 3. The zero-order valence-electron chi connectivity index (χ0n) is 11.8. The van der Waals surface area contributed by atoms with Gasteiger partial charge in [-0.2, -0.15) is 0 Å². The van der Waals surface area contributed by atoms with Gasteiger partial charge in [0.1, 0.15) is 0 Å². The van der Waals surface area contributed by atoms with Crippen LogP contribution in [0.5, 0.6) is 0 Å². The van der Waals surface area contributed by atoms with Crippen molar-refractivity contribution in [2.24, 2.45) is 5.41 Å². The summed E-state index contributed by atoms with van der Waals surface area (Å²) in [5.41, 5.74) is 0.237. The van der Waals surface area contributed by atoms with Crippen molar-refractivity contribution >= 4 is 5.91 Å². The summed E-state index contributed by atoms with van der Waals surface area (Å²) in [6, 6.07) is 0.451. The van der Waals surface area contributed by atoms with Crippen LogP contribution in [0, 0.1) is 5.41 Å². The van der Waals surface area contributed by atoms with Crippen LogP contribution in [0.4, 0.5) is 0 Å². The highest BCUT2D eigenvalue weighted by atomic mass is 16.2. The summed E-state index contributed by atoms with van der Waals surface area (Å²) in [6.07, 6.45) is 4.73. The van der Waals surface area contributed by atoms with Gasteiger partial charge in [-0.3, -0.25) is 4.79 Å². The molecule has 4 heteroatoms. The Morgan fingerprint density at radius 2 is 2.06 bits per heavy atom. The summed E-state index contributed by atoms with van der Waals surface area (Å²) >= 11 is 0. The maximum atomic E-state index is 12.1. The molecule has 0 aromatic heterocycles. The minimum Gasteiger partial charge on any atom is -0.342 e. The molecule has 1 atom stereocenters. The predicted octanol–water partition coefficient (Wildman–Crippen LogP) is 0.977. The Hall–Kier alpha value is -0.610. The third-order valence-corrected chi connectivity index (χ3v) is 4.34. The number of carbonyl (C=O) groups excluding carboxylic acids is 1. The lowest BCUT2D eigenvalue weighted by Crippen LogP contribution is -2.55. The Balaban J connectivity index is 1.77. The SMILES string of the molecule is CC1(C)CNCCC1NCC(=O)N1CCCCC1. The van der Waals surface area contributed by atoms with Crippen molar-refractivity contribution in [3.63, 3.8) is 0 Å². The average Bonchev–Trinajstić information content (AvgIpc) is 2.38. The van der Waals surface area contributed by atoms with Gasteiger partial charge in [0.25, 0.3) is 0 Å². The zero-order valence-corrected chi connectivity index (χ0v) is 11.8. The third-order valence-electron chi connectivity index (χ3n) is 4.34. The minimum absolute atomic E-state index is 0.237. The van der Waals surface area contributed by atoms with Crippen molar-refractivity contribution in [1.29, 1.82) is 0 Å². The van der Waals surface area contributed by atoms with E-state index in [9.17, 15) is 4.79 Å². The number of piperidine rings is 2. The van der Waals surface area contributed by atoms with Crippen molar-refractivity contribution in [1.82, 2.24) is 15.5 Å². The second-order valence-electron chi connectivity index (χ2n) is 6.33. The molecule has 0 spiro atoms. The number of amides is 1. The highest BCUT2D eigenvalue weighted by Crippen LogP contribution is 2.24. The fraction of sp³-hybridized carbons (Fsp3) is 0.929. The highest BCUT2D eigenvalue weighted by molar-refractivity contribution is 5.78. The first-order valence-corrected chi connectivity index (χ1v) is 7.31. The molecule has 2 rings (SSSR count). The van der Waals surface area contributed by atoms with Gasteiger partial charge in [-0.15, -0.1) is 0 Å². The maximum Gasteiger partial charge on any atom is 0.236 e. The van der Waals surface area contributed by atoms with Gasteiger partial charge >= 0.3 is 0 Å². The molecule has 2 heterocycles. The normalized spacial score (nSPS) is 28.1. The Bertz CT molecular complexity index is 285. The first-order chi connectivity index (χ1) is 8.59. The first-order valence-electron chi connectivity index (χ1n) is 7.31. The van der Waals surface area contributed by atoms with Crippen molar-refractivity contribution in [2.75, 3.05) is 32.7 Å². The second kappa shape index (κ2) is 6.02. The summed E-state index contributed by atoms with van der Waals surface area (Å²) < 4.78 is 0. The van der Waals surface area contributed by atoms with Crippen LogP contribution in [0.2, 0.25) is 0 Å². The molecule has 104 valence electrons. The smallest absolute Gasteiger partial charge is 0.236 e. The van der Waals surface area contributed by atoms with E-state index in [1.807, 2.05) is 4.90 Å². The van der Waals surface area contributed by atoms with E-state index in [0.717, 1.165) is 32.6 Å². The van der Waals surface area contributed by atoms with Crippen LogP contribution in [-0.2, 0) is 4.79 Å². The standard InChI is InChI=1S/C14H27N3O/c1-14(2)11-15-7-6-12(14)16-10-13(18)17-8-4-3-5-9-17/h12,15-16H,3-11H2,1-2H3. The van der Waals surface area contributed by atoms with E-state index in [2.05, 4.69) is 24.5 Å². The zero-order chi connectivity index (χ0) is 13.0. The maximum absolute atomic E-state index is 12.1. The van der Waals surface area contributed by atoms with Gasteiger partial charge in [-0.25, -0.2) is 0 Å². The molecule has 2 saturated heterocycles. The van der Waals surface area contributed by atoms with Gasteiger partial charge in [-0.05, 0) is 37.6 Å². The molecule has 0 aromatic carbocycles. The van der Waals surface area contributed by atoms with Gasteiger partial charge in [0.15, 0.2) is 0 Å². The molecule has 2 fully saturated rings. The van der Waals surface area contributed by atoms with Crippen LogP contribution in [0.1, 0.15) is 39.5 Å². The number of hydrogen-bond donors (Lipinski definition) is 2. The van der Waals surface area contributed by atoms with Crippen molar-refractivity contribution < 1.29 is 4.79 Å². The molecular formula is C14H27N3O. The van der Waals surface area contributed by atoms with Crippen LogP contribution in [0.25, 0.3) is 0 Å². The van der Waals surface area contributed by atoms with E-state index in [1.54, 1.807) is 0 Å². The van der Waals surface area contributed by atoms with Gasteiger partial charge in [-0.1, -0.05) is 13.8 Å². The molecule has 18 heavy (non-hydrogen) atoms. The lowest BCUT2D eigenvalue weighted by atomic mass is 9.80. The van der Waals surface area contributed by atoms with E-state index in [-0.39, 0.29) is 11.3 Å². The highest BCUT2D eigenvalue weighted by Gasteiger charge is 2.32. The number of likely N-dealkylation sites (tertiary alicyclic amines) is 1. The first kappa shape index (κ1) is 13.8. The Morgan fingerprint density at radius 1 is 1.33 bits per heavy atom. The molecule has 0 saturated carbocycles. The Kier molecular flexibility index (Phi) is 4.62. The average molecular weight is 253 g/mol. The summed E-state index contributed by atoms with van der Waals surface area (Å²) in [7, 11) is 0.